The SMILES string of the molecule is O=[N+]([O-])[C@]1(CO)[C@@H](OCc2ccccc2)O[C@H](COCc2ccccc2)[C@@H](OCc2ccccc2)[C@@H]1OCc1ccccc1. The minimum atomic E-state index is -2.19. The molecule has 5 rings (SSSR count). The normalized spacial score (nSPS) is 23.3. The first kappa shape index (κ1) is 31.5. The maximum Gasteiger partial charge on any atom is 0.322 e. The van der Waals surface area contributed by atoms with Crippen LogP contribution in [-0.2, 0) is 50.1 Å². The first-order valence-electron chi connectivity index (χ1n) is 14.6. The minimum Gasteiger partial charge on any atom is -0.389 e. The number of nitrogens with zero attached hydrogens (tertiary/aromatic N) is 1. The third kappa shape index (κ3) is 7.75. The Bertz CT molecular complexity index is 1410. The average molecular weight is 600 g/mol. The molecule has 0 aromatic heterocycles. The van der Waals surface area contributed by atoms with E-state index in [1.807, 2.05) is 121 Å². The van der Waals surface area contributed by atoms with E-state index in [2.05, 4.69) is 0 Å². The number of rotatable bonds is 15. The molecule has 1 heterocycles. The van der Waals surface area contributed by atoms with Crippen LogP contribution in [-0.4, -0.2) is 53.4 Å². The van der Waals surface area contributed by atoms with Gasteiger partial charge in [-0.3, -0.25) is 10.1 Å². The van der Waals surface area contributed by atoms with Crippen LogP contribution in [0.5, 0.6) is 0 Å². The molecule has 5 atom stereocenters. The number of aliphatic hydroxyl groups is 1. The van der Waals surface area contributed by atoms with E-state index in [0.29, 0.717) is 6.61 Å². The predicted octanol–water partition coefficient (Wildman–Crippen LogP) is 5.32. The summed E-state index contributed by atoms with van der Waals surface area (Å²) in [5.74, 6) is 0. The van der Waals surface area contributed by atoms with Gasteiger partial charge in [0.15, 0.2) is 6.10 Å². The Balaban J connectivity index is 1.48. The standard InChI is InChI=1S/C35H37NO8/c37-26-35(36(38)39)33(42-23-29-17-9-3-10-18-29)32(41-22-28-15-7-2-8-16-28)31(25-40-21-27-13-5-1-6-14-27)44-34(35)43-24-30-19-11-4-12-20-30/h1-20,31-34,37H,21-26H2/t31-,32-,33+,34+,35+/m1/s1. The van der Waals surface area contributed by atoms with Crippen LogP contribution in [0.4, 0.5) is 0 Å². The highest BCUT2D eigenvalue weighted by Gasteiger charge is 2.67. The summed E-state index contributed by atoms with van der Waals surface area (Å²) in [6.07, 6.45) is -4.52. The topological polar surface area (TPSA) is 110 Å². The lowest BCUT2D eigenvalue weighted by Gasteiger charge is -2.47. The van der Waals surface area contributed by atoms with E-state index in [9.17, 15) is 15.2 Å². The van der Waals surface area contributed by atoms with Crippen LogP contribution in [0.3, 0.4) is 0 Å². The van der Waals surface area contributed by atoms with Gasteiger partial charge in [-0.15, -0.1) is 0 Å². The lowest BCUT2D eigenvalue weighted by Crippen LogP contribution is -2.73. The Labute approximate surface area is 257 Å². The molecule has 1 N–H and O–H groups in total. The Morgan fingerprint density at radius 3 is 1.55 bits per heavy atom. The van der Waals surface area contributed by atoms with Crippen LogP contribution in [0.1, 0.15) is 22.3 Å². The molecule has 230 valence electrons. The van der Waals surface area contributed by atoms with Crippen LogP contribution in [0.15, 0.2) is 121 Å². The van der Waals surface area contributed by atoms with Crippen molar-refractivity contribution >= 4 is 0 Å². The van der Waals surface area contributed by atoms with Gasteiger partial charge in [0.2, 0.25) is 6.29 Å². The van der Waals surface area contributed by atoms with Crippen molar-refractivity contribution in [3.63, 3.8) is 0 Å². The summed E-state index contributed by atoms with van der Waals surface area (Å²) in [4.78, 5) is 12.4. The van der Waals surface area contributed by atoms with Crippen LogP contribution >= 0.6 is 0 Å². The zero-order valence-electron chi connectivity index (χ0n) is 24.4. The third-order valence-electron chi connectivity index (χ3n) is 7.65. The molecule has 0 radical (unpaired) electrons. The van der Waals surface area contributed by atoms with Gasteiger partial charge in [-0.05, 0) is 22.3 Å². The molecule has 1 saturated heterocycles. The first-order valence-corrected chi connectivity index (χ1v) is 14.6. The molecule has 4 aromatic rings. The molecule has 1 aliphatic heterocycles. The molecule has 9 nitrogen and oxygen atoms in total. The van der Waals surface area contributed by atoms with Crippen molar-refractivity contribution < 1.29 is 33.7 Å². The molecular formula is C35H37NO8. The van der Waals surface area contributed by atoms with Gasteiger partial charge in [0.1, 0.15) is 18.8 Å². The quantitative estimate of drug-likeness (QED) is 0.144. The fourth-order valence-electron chi connectivity index (χ4n) is 5.27. The van der Waals surface area contributed by atoms with Gasteiger partial charge < -0.3 is 28.8 Å². The molecule has 0 saturated carbocycles. The maximum absolute atomic E-state index is 13.0. The molecule has 44 heavy (non-hydrogen) atoms. The summed E-state index contributed by atoms with van der Waals surface area (Å²) in [6, 6.07) is 37.8. The summed E-state index contributed by atoms with van der Waals surface area (Å²) in [6.45, 7) is -0.331. The summed E-state index contributed by atoms with van der Waals surface area (Å²) in [5.41, 5.74) is 1.26. The highest BCUT2D eigenvalue weighted by Crippen LogP contribution is 2.38. The van der Waals surface area contributed by atoms with Crippen molar-refractivity contribution in [2.75, 3.05) is 13.2 Å². The van der Waals surface area contributed by atoms with Crippen molar-refractivity contribution in [2.45, 2.75) is 56.6 Å². The van der Waals surface area contributed by atoms with Crippen LogP contribution in [0.2, 0.25) is 0 Å². The molecule has 1 aliphatic rings. The van der Waals surface area contributed by atoms with Crippen molar-refractivity contribution in [3.8, 4) is 0 Å². The van der Waals surface area contributed by atoms with Crippen molar-refractivity contribution in [3.05, 3.63) is 154 Å². The van der Waals surface area contributed by atoms with E-state index in [-0.39, 0.29) is 26.4 Å². The van der Waals surface area contributed by atoms with E-state index < -0.39 is 41.7 Å². The summed E-state index contributed by atoms with van der Waals surface area (Å²) >= 11 is 0. The Morgan fingerprint density at radius 1 is 0.659 bits per heavy atom. The predicted molar refractivity (Wildman–Crippen MR) is 163 cm³/mol. The van der Waals surface area contributed by atoms with Crippen LogP contribution in [0.25, 0.3) is 0 Å². The Morgan fingerprint density at radius 2 is 1.09 bits per heavy atom. The lowest BCUT2D eigenvalue weighted by atomic mass is 9.83. The number of ether oxygens (including phenoxy) is 5. The molecule has 0 amide bonds. The Hall–Kier alpha value is -3.96. The highest BCUT2D eigenvalue weighted by molar-refractivity contribution is 5.17. The second-order valence-corrected chi connectivity index (χ2v) is 10.7. The van der Waals surface area contributed by atoms with Gasteiger partial charge in [-0.1, -0.05) is 121 Å². The molecule has 0 unspecified atom stereocenters. The van der Waals surface area contributed by atoms with Gasteiger partial charge in [0, 0.05) is 4.92 Å². The molecule has 0 spiro atoms. The second kappa shape index (κ2) is 15.7. The first-order chi connectivity index (χ1) is 21.6. The number of aliphatic hydroxyl groups excluding tert-OH is 1. The van der Waals surface area contributed by atoms with Gasteiger partial charge in [-0.2, -0.15) is 0 Å². The number of benzene rings is 4. The summed E-state index contributed by atoms with van der Waals surface area (Å²) in [7, 11) is 0. The third-order valence-corrected chi connectivity index (χ3v) is 7.65. The molecule has 0 aliphatic carbocycles. The average Bonchev–Trinajstić information content (AvgIpc) is 3.07. The highest BCUT2D eigenvalue weighted by atomic mass is 16.7. The number of nitro groups is 1. The molecule has 1 fully saturated rings. The summed E-state index contributed by atoms with van der Waals surface area (Å²) in [5, 5.41) is 23.8. The zero-order valence-corrected chi connectivity index (χ0v) is 24.4. The fraction of sp³-hybridized carbons (Fsp3) is 0.314. The van der Waals surface area contributed by atoms with Crippen LogP contribution in [0, 0.1) is 10.1 Å². The zero-order chi connectivity index (χ0) is 30.6. The van der Waals surface area contributed by atoms with E-state index in [0.717, 1.165) is 22.3 Å². The van der Waals surface area contributed by atoms with E-state index >= 15 is 0 Å². The Kier molecular flexibility index (Phi) is 11.2. The smallest absolute Gasteiger partial charge is 0.322 e. The second-order valence-electron chi connectivity index (χ2n) is 10.7. The molecular weight excluding hydrogens is 562 g/mol. The van der Waals surface area contributed by atoms with E-state index in [1.54, 1.807) is 0 Å². The van der Waals surface area contributed by atoms with Gasteiger partial charge in [0.25, 0.3) is 0 Å². The van der Waals surface area contributed by atoms with Crippen molar-refractivity contribution in [1.82, 2.24) is 0 Å². The lowest BCUT2D eigenvalue weighted by molar-refractivity contribution is -0.629. The minimum absolute atomic E-state index is 0.0274. The van der Waals surface area contributed by atoms with Gasteiger partial charge in [0.05, 0.1) is 33.0 Å². The summed E-state index contributed by atoms with van der Waals surface area (Å²) < 4.78 is 31.3. The van der Waals surface area contributed by atoms with Gasteiger partial charge >= 0.3 is 5.54 Å². The van der Waals surface area contributed by atoms with E-state index in [1.165, 1.54) is 0 Å². The monoisotopic (exact) mass is 599 g/mol. The number of hydrogen-bond donors (Lipinski definition) is 1. The fourth-order valence-corrected chi connectivity index (χ4v) is 5.27. The number of hydrogen-bond acceptors (Lipinski definition) is 8. The molecule has 0 bridgehead atoms. The van der Waals surface area contributed by atoms with Gasteiger partial charge in [-0.25, -0.2) is 0 Å². The van der Waals surface area contributed by atoms with Crippen molar-refractivity contribution in [2.24, 2.45) is 0 Å². The molecule has 4 aromatic carbocycles. The largest absolute Gasteiger partial charge is 0.389 e. The van der Waals surface area contributed by atoms with E-state index in [4.69, 9.17) is 23.7 Å². The molecule has 9 heteroatoms. The van der Waals surface area contributed by atoms with Crippen LogP contribution < -0.4 is 0 Å². The van der Waals surface area contributed by atoms with Crippen molar-refractivity contribution in [1.29, 1.82) is 0 Å². The maximum atomic E-state index is 13.0.